The molecule has 4 heteroatoms. The van der Waals surface area contributed by atoms with Crippen molar-refractivity contribution in [1.82, 2.24) is 4.57 Å². The summed E-state index contributed by atoms with van der Waals surface area (Å²) in [5.41, 5.74) is 4.41. The highest BCUT2D eigenvalue weighted by molar-refractivity contribution is 6.05. The molecule has 0 spiro atoms. The van der Waals surface area contributed by atoms with Gasteiger partial charge < -0.3 is 9.88 Å². The van der Waals surface area contributed by atoms with Crippen molar-refractivity contribution in [2.24, 2.45) is 0 Å². The second kappa shape index (κ2) is 8.04. The average Bonchev–Trinajstić information content (AvgIpc) is 2.66. The molecule has 0 atom stereocenters. The minimum Gasteiger partial charge on any atom is -0.343 e. The van der Waals surface area contributed by atoms with Gasteiger partial charge in [-0.2, -0.15) is 0 Å². The van der Waals surface area contributed by atoms with Crippen LogP contribution in [0.4, 0.5) is 5.69 Å². The van der Waals surface area contributed by atoms with Crippen LogP contribution in [0.25, 0.3) is 0 Å². The van der Waals surface area contributed by atoms with Gasteiger partial charge in [0.15, 0.2) is 5.43 Å². The highest BCUT2D eigenvalue weighted by Gasteiger charge is 2.20. The largest absolute Gasteiger partial charge is 0.343 e. The SMILES string of the molecule is CCc1c(C(=O)Nc2ccccc2C)c(=O)cc(C)n1Cc1ccccc1. The molecule has 27 heavy (non-hydrogen) atoms. The zero-order valence-corrected chi connectivity index (χ0v) is 16.0. The van der Waals surface area contributed by atoms with Crippen molar-refractivity contribution >= 4 is 11.6 Å². The molecule has 0 aliphatic rings. The van der Waals surface area contributed by atoms with Gasteiger partial charge in [-0.15, -0.1) is 0 Å². The fourth-order valence-electron chi connectivity index (χ4n) is 3.32. The second-order valence-electron chi connectivity index (χ2n) is 6.67. The number of aryl methyl sites for hydroxylation is 2. The van der Waals surface area contributed by atoms with Crippen LogP contribution in [-0.4, -0.2) is 10.5 Å². The van der Waals surface area contributed by atoms with Gasteiger partial charge in [-0.3, -0.25) is 9.59 Å². The lowest BCUT2D eigenvalue weighted by Crippen LogP contribution is -2.28. The maximum absolute atomic E-state index is 13.0. The van der Waals surface area contributed by atoms with Gasteiger partial charge in [-0.1, -0.05) is 55.5 Å². The first-order valence-electron chi connectivity index (χ1n) is 9.15. The van der Waals surface area contributed by atoms with Crippen molar-refractivity contribution in [3.8, 4) is 0 Å². The number of aromatic nitrogens is 1. The molecule has 3 rings (SSSR count). The predicted molar refractivity (Wildman–Crippen MR) is 109 cm³/mol. The summed E-state index contributed by atoms with van der Waals surface area (Å²) in [4.78, 5) is 25.6. The van der Waals surface area contributed by atoms with Gasteiger partial charge in [0, 0.05) is 29.7 Å². The van der Waals surface area contributed by atoms with Gasteiger partial charge in [0.1, 0.15) is 5.56 Å². The van der Waals surface area contributed by atoms with Gasteiger partial charge >= 0.3 is 0 Å². The number of benzene rings is 2. The van der Waals surface area contributed by atoms with Crippen molar-refractivity contribution in [2.45, 2.75) is 33.7 Å². The Morgan fingerprint density at radius 1 is 1.00 bits per heavy atom. The number of pyridine rings is 1. The number of hydrogen-bond donors (Lipinski definition) is 1. The molecule has 1 aromatic heterocycles. The van der Waals surface area contributed by atoms with Crippen LogP contribution in [-0.2, 0) is 13.0 Å². The molecule has 1 amide bonds. The third-order valence-corrected chi connectivity index (χ3v) is 4.77. The second-order valence-corrected chi connectivity index (χ2v) is 6.67. The third kappa shape index (κ3) is 4.00. The summed E-state index contributed by atoms with van der Waals surface area (Å²) in [7, 11) is 0. The van der Waals surface area contributed by atoms with E-state index in [2.05, 4.69) is 9.88 Å². The molecule has 138 valence electrons. The van der Waals surface area contributed by atoms with Crippen LogP contribution in [0.1, 0.15) is 39.8 Å². The molecule has 0 fully saturated rings. The maximum atomic E-state index is 13.0. The molecule has 4 nitrogen and oxygen atoms in total. The van der Waals surface area contributed by atoms with Crippen molar-refractivity contribution in [1.29, 1.82) is 0 Å². The fraction of sp³-hybridized carbons (Fsp3) is 0.217. The van der Waals surface area contributed by atoms with Crippen LogP contribution < -0.4 is 10.7 Å². The third-order valence-electron chi connectivity index (χ3n) is 4.77. The van der Waals surface area contributed by atoms with Crippen LogP contribution in [0.5, 0.6) is 0 Å². The summed E-state index contributed by atoms with van der Waals surface area (Å²) >= 11 is 0. The normalized spacial score (nSPS) is 10.6. The molecule has 1 heterocycles. The molecule has 0 aliphatic carbocycles. The molecule has 1 N–H and O–H groups in total. The lowest BCUT2D eigenvalue weighted by atomic mass is 10.1. The Bertz CT molecular complexity index is 1020. The van der Waals surface area contributed by atoms with Crippen molar-refractivity contribution < 1.29 is 4.79 Å². The van der Waals surface area contributed by atoms with E-state index in [1.165, 1.54) is 0 Å². The minimum atomic E-state index is -0.354. The van der Waals surface area contributed by atoms with Crippen molar-refractivity contribution in [3.63, 3.8) is 0 Å². The predicted octanol–water partition coefficient (Wildman–Crippen LogP) is 4.33. The number of para-hydroxylation sites is 1. The Morgan fingerprint density at radius 2 is 1.67 bits per heavy atom. The zero-order valence-electron chi connectivity index (χ0n) is 16.0. The van der Waals surface area contributed by atoms with E-state index in [0.29, 0.717) is 13.0 Å². The van der Waals surface area contributed by atoms with E-state index < -0.39 is 0 Å². The lowest BCUT2D eigenvalue weighted by molar-refractivity contribution is 0.102. The van der Waals surface area contributed by atoms with Gasteiger partial charge in [0.25, 0.3) is 5.91 Å². The molecule has 0 saturated heterocycles. The number of amides is 1. The van der Waals surface area contributed by atoms with E-state index in [1.54, 1.807) is 6.07 Å². The molecular weight excluding hydrogens is 336 g/mol. The van der Waals surface area contributed by atoms with Crippen LogP contribution in [0, 0.1) is 13.8 Å². The molecule has 0 saturated carbocycles. The first-order valence-corrected chi connectivity index (χ1v) is 9.15. The Labute approximate surface area is 159 Å². The summed E-state index contributed by atoms with van der Waals surface area (Å²) in [6.45, 7) is 6.44. The topological polar surface area (TPSA) is 51.1 Å². The van der Waals surface area contributed by atoms with E-state index in [0.717, 1.165) is 28.2 Å². The van der Waals surface area contributed by atoms with Gasteiger partial charge in [-0.25, -0.2) is 0 Å². The van der Waals surface area contributed by atoms with Crippen LogP contribution in [0.15, 0.2) is 65.5 Å². The quantitative estimate of drug-likeness (QED) is 0.736. The van der Waals surface area contributed by atoms with Crippen LogP contribution in [0.3, 0.4) is 0 Å². The number of carbonyl (C=O) groups is 1. The molecular formula is C23H24N2O2. The first-order chi connectivity index (χ1) is 13.0. The van der Waals surface area contributed by atoms with E-state index >= 15 is 0 Å². The van der Waals surface area contributed by atoms with Crippen molar-refractivity contribution in [2.75, 3.05) is 5.32 Å². The summed E-state index contributed by atoms with van der Waals surface area (Å²) in [5, 5.41) is 2.90. The molecule has 0 aliphatic heterocycles. The van der Waals surface area contributed by atoms with Crippen LogP contribution in [0.2, 0.25) is 0 Å². The van der Waals surface area contributed by atoms with Gasteiger partial charge in [-0.05, 0) is 37.5 Å². The molecule has 0 bridgehead atoms. The zero-order chi connectivity index (χ0) is 19.4. The number of hydrogen-bond acceptors (Lipinski definition) is 2. The highest BCUT2D eigenvalue weighted by atomic mass is 16.2. The number of carbonyl (C=O) groups excluding carboxylic acids is 1. The molecule has 2 aromatic carbocycles. The standard InChI is InChI=1S/C23H24N2O2/c1-4-20-22(23(27)24-19-13-9-8-10-16(19)2)21(26)14-17(3)25(20)15-18-11-6-5-7-12-18/h5-14H,4,15H2,1-3H3,(H,24,27). The molecule has 0 unspecified atom stereocenters. The van der Waals surface area contributed by atoms with E-state index in [1.807, 2.05) is 75.4 Å². The summed E-state index contributed by atoms with van der Waals surface area (Å²) in [5.74, 6) is -0.354. The van der Waals surface area contributed by atoms with E-state index in [-0.39, 0.29) is 16.9 Å². The number of anilines is 1. The fourth-order valence-corrected chi connectivity index (χ4v) is 3.32. The van der Waals surface area contributed by atoms with Gasteiger partial charge in [0.2, 0.25) is 0 Å². The number of nitrogens with zero attached hydrogens (tertiary/aromatic N) is 1. The summed E-state index contributed by atoms with van der Waals surface area (Å²) in [6.07, 6.45) is 0.597. The number of nitrogens with one attached hydrogen (secondary N) is 1. The molecule has 3 aromatic rings. The Balaban J connectivity index is 2.04. The van der Waals surface area contributed by atoms with Gasteiger partial charge in [0.05, 0.1) is 0 Å². The maximum Gasteiger partial charge on any atom is 0.261 e. The molecule has 0 radical (unpaired) electrons. The smallest absolute Gasteiger partial charge is 0.261 e. The summed E-state index contributed by atoms with van der Waals surface area (Å²) in [6, 6.07) is 19.2. The Morgan fingerprint density at radius 3 is 2.33 bits per heavy atom. The first kappa shape index (κ1) is 18.6. The monoisotopic (exact) mass is 360 g/mol. The Kier molecular flexibility index (Phi) is 5.55. The summed E-state index contributed by atoms with van der Waals surface area (Å²) < 4.78 is 2.06. The average molecular weight is 360 g/mol. The van der Waals surface area contributed by atoms with E-state index in [4.69, 9.17) is 0 Å². The number of rotatable bonds is 5. The van der Waals surface area contributed by atoms with Crippen molar-refractivity contribution in [3.05, 3.63) is 99.0 Å². The van der Waals surface area contributed by atoms with E-state index in [9.17, 15) is 9.59 Å². The van der Waals surface area contributed by atoms with Crippen LogP contribution >= 0.6 is 0 Å². The Hall–Kier alpha value is -3.14. The minimum absolute atomic E-state index is 0.224. The highest BCUT2D eigenvalue weighted by Crippen LogP contribution is 2.17. The lowest BCUT2D eigenvalue weighted by Gasteiger charge is -2.19.